The van der Waals surface area contributed by atoms with Gasteiger partial charge in [0.05, 0.1) is 12.1 Å². The lowest BCUT2D eigenvalue weighted by molar-refractivity contribution is 0.0620. The summed E-state index contributed by atoms with van der Waals surface area (Å²) in [6.07, 6.45) is 1.26. The molecule has 0 atom stereocenters. The molecule has 1 aromatic heterocycles. The van der Waals surface area contributed by atoms with Crippen LogP contribution >= 0.6 is 0 Å². The Balaban J connectivity index is 1.41. The predicted octanol–water partition coefficient (Wildman–Crippen LogP) is 2.35. The quantitative estimate of drug-likeness (QED) is 0.520. The Bertz CT molecular complexity index is 1110. The third-order valence-electron chi connectivity index (χ3n) is 5.44. The first kappa shape index (κ1) is 19.9. The van der Waals surface area contributed by atoms with E-state index in [1.807, 2.05) is 17.0 Å². The number of piperazine rings is 1. The fourth-order valence-electron chi connectivity index (χ4n) is 3.71. The maximum Gasteiger partial charge on any atom is 0.275 e. The standard InChI is InChI=1S/C22H22FN5O2/c1-26-19-12-15(13-24)2-7-18(19)21(25-26)22(30)28-10-8-27(9-11-28)14-20(29)16-3-5-17(23)6-4-16/h2-7,12-13,24H,8-11,14H2,1H3. The third-order valence-corrected chi connectivity index (χ3v) is 5.44. The van der Waals surface area contributed by atoms with Crippen molar-refractivity contribution in [3.8, 4) is 0 Å². The van der Waals surface area contributed by atoms with Crippen LogP contribution in [0.5, 0.6) is 0 Å². The molecule has 154 valence electrons. The molecule has 0 radical (unpaired) electrons. The van der Waals surface area contributed by atoms with E-state index in [0.717, 1.165) is 16.5 Å². The van der Waals surface area contributed by atoms with Crippen molar-refractivity contribution in [2.24, 2.45) is 7.05 Å². The van der Waals surface area contributed by atoms with Crippen LogP contribution < -0.4 is 0 Å². The lowest BCUT2D eigenvalue weighted by atomic mass is 10.1. The number of rotatable bonds is 5. The number of carbonyl (C=O) groups is 2. The summed E-state index contributed by atoms with van der Waals surface area (Å²) in [7, 11) is 1.78. The monoisotopic (exact) mass is 407 g/mol. The van der Waals surface area contributed by atoms with E-state index in [2.05, 4.69) is 5.10 Å². The molecule has 8 heteroatoms. The Morgan fingerprint density at radius 1 is 1.10 bits per heavy atom. The van der Waals surface area contributed by atoms with E-state index in [0.29, 0.717) is 37.4 Å². The number of aromatic nitrogens is 2. The second-order valence-corrected chi connectivity index (χ2v) is 7.39. The average Bonchev–Trinajstić information content (AvgIpc) is 3.10. The molecule has 1 saturated heterocycles. The maximum atomic E-state index is 13.0. The number of aryl methyl sites for hydroxylation is 1. The number of nitrogens with one attached hydrogen (secondary N) is 1. The highest BCUT2D eigenvalue weighted by molar-refractivity contribution is 6.05. The van der Waals surface area contributed by atoms with Crippen molar-refractivity contribution in [1.82, 2.24) is 19.6 Å². The largest absolute Gasteiger partial charge is 0.335 e. The first-order valence-electron chi connectivity index (χ1n) is 9.74. The summed E-state index contributed by atoms with van der Waals surface area (Å²) in [6, 6.07) is 11.0. The van der Waals surface area contributed by atoms with Crippen LogP contribution in [0.1, 0.15) is 26.4 Å². The molecule has 0 unspecified atom stereocenters. The van der Waals surface area contributed by atoms with E-state index in [1.54, 1.807) is 22.7 Å². The van der Waals surface area contributed by atoms with Crippen LogP contribution in [0.3, 0.4) is 0 Å². The van der Waals surface area contributed by atoms with Gasteiger partial charge in [-0.05, 0) is 42.0 Å². The highest BCUT2D eigenvalue weighted by Gasteiger charge is 2.26. The van der Waals surface area contributed by atoms with Gasteiger partial charge in [-0.15, -0.1) is 0 Å². The van der Waals surface area contributed by atoms with Gasteiger partial charge in [0.15, 0.2) is 11.5 Å². The molecule has 1 fully saturated rings. The van der Waals surface area contributed by atoms with Crippen molar-refractivity contribution < 1.29 is 14.0 Å². The van der Waals surface area contributed by atoms with Gasteiger partial charge in [0.25, 0.3) is 5.91 Å². The predicted molar refractivity (Wildman–Crippen MR) is 112 cm³/mol. The highest BCUT2D eigenvalue weighted by Crippen LogP contribution is 2.21. The van der Waals surface area contributed by atoms with Crippen molar-refractivity contribution in [2.45, 2.75) is 0 Å². The molecule has 1 N–H and O–H groups in total. The Kier molecular flexibility index (Phi) is 5.41. The molecule has 1 amide bonds. The minimum atomic E-state index is -0.366. The minimum Gasteiger partial charge on any atom is -0.335 e. The molecule has 1 aliphatic heterocycles. The summed E-state index contributed by atoms with van der Waals surface area (Å²) < 4.78 is 14.7. The van der Waals surface area contributed by atoms with Crippen LogP contribution in [0.25, 0.3) is 10.9 Å². The van der Waals surface area contributed by atoms with Gasteiger partial charge in [0.2, 0.25) is 0 Å². The zero-order valence-corrected chi connectivity index (χ0v) is 16.6. The molecule has 1 aliphatic rings. The van der Waals surface area contributed by atoms with E-state index < -0.39 is 0 Å². The SMILES string of the molecule is Cn1nc(C(=O)N2CCN(CC(=O)c3ccc(F)cc3)CC2)c2ccc(C=N)cc21. The Morgan fingerprint density at radius 3 is 2.47 bits per heavy atom. The van der Waals surface area contributed by atoms with Crippen LogP contribution in [0, 0.1) is 11.2 Å². The van der Waals surface area contributed by atoms with Gasteiger partial charge in [-0.1, -0.05) is 6.07 Å². The molecule has 0 saturated carbocycles. The topological polar surface area (TPSA) is 82.3 Å². The van der Waals surface area contributed by atoms with Gasteiger partial charge in [-0.2, -0.15) is 5.10 Å². The number of halogens is 1. The number of nitrogens with zero attached hydrogens (tertiary/aromatic N) is 4. The fraction of sp³-hybridized carbons (Fsp3) is 0.273. The Hall–Kier alpha value is -3.39. The first-order chi connectivity index (χ1) is 14.5. The molecule has 7 nitrogen and oxygen atoms in total. The number of ketones is 1. The fourth-order valence-corrected chi connectivity index (χ4v) is 3.71. The van der Waals surface area contributed by atoms with E-state index in [9.17, 15) is 14.0 Å². The van der Waals surface area contributed by atoms with Crippen molar-refractivity contribution in [2.75, 3.05) is 32.7 Å². The normalized spacial score (nSPS) is 14.8. The Labute approximate surface area is 173 Å². The zero-order chi connectivity index (χ0) is 21.3. The first-order valence-corrected chi connectivity index (χ1v) is 9.74. The van der Waals surface area contributed by atoms with E-state index in [1.165, 1.54) is 30.5 Å². The molecule has 0 bridgehead atoms. The van der Waals surface area contributed by atoms with E-state index >= 15 is 0 Å². The number of hydrogen-bond donors (Lipinski definition) is 1. The number of Topliss-reactive ketones (excluding diaryl/α,β-unsaturated/α-hetero) is 1. The van der Waals surface area contributed by atoms with Crippen LogP contribution in [0.2, 0.25) is 0 Å². The Morgan fingerprint density at radius 2 is 1.80 bits per heavy atom. The van der Waals surface area contributed by atoms with Crippen LogP contribution in [0.15, 0.2) is 42.5 Å². The van der Waals surface area contributed by atoms with Crippen molar-refractivity contribution in [1.29, 1.82) is 5.41 Å². The lowest BCUT2D eigenvalue weighted by Crippen LogP contribution is -2.50. The number of benzene rings is 2. The molecule has 30 heavy (non-hydrogen) atoms. The molecule has 4 rings (SSSR count). The second kappa shape index (κ2) is 8.16. The van der Waals surface area contributed by atoms with Crippen molar-refractivity contribution >= 4 is 28.8 Å². The molecular formula is C22H22FN5O2. The number of carbonyl (C=O) groups excluding carboxylic acids is 2. The number of amides is 1. The minimum absolute atomic E-state index is 0.0625. The summed E-state index contributed by atoms with van der Waals surface area (Å²) >= 11 is 0. The molecular weight excluding hydrogens is 385 g/mol. The third kappa shape index (κ3) is 3.86. The van der Waals surface area contributed by atoms with Gasteiger partial charge < -0.3 is 10.3 Å². The van der Waals surface area contributed by atoms with Gasteiger partial charge in [0, 0.05) is 50.4 Å². The molecule has 2 heterocycles. The van der Waals surface area contributed by atoms with Gasteiger partial charge in [0.1, 0.15) is 5.82 Å². The molecule has 0 aliphatic carbocycles. The summed E-state index contributed by atoms with van der Waals surface area (Å²) in [5.41, 5.74) is 2.45. The molecule has 2 aromatic carbocycles. The molecule has 3 aromatic rings. The van der Waals surface area contributed by atoms with Gasteiger partial charge >= 0.3 is 0 Å². The van der Waals surface area contributed by atoms with Crippen molar-refractivity contribution in [3.63, 3.8) is 0 Å². The average molecular weight is 407 g/mol. The number of hydrogen-bond acceptors (Lipinski definition) is 5. The summed E-state index contributed by atoms with van der Waals surface area (Å²) in [6.45, 7) is 2.42. The summed E-state index contributed by atoms with van der Waals surface area (Å²) in [5, 5.41) is 12.6. The maximum absolute atomic E-state index is 13.0. The number of fused-ring (bicyclic) bond motifs is 1. The lowest BCUT2D eigenvalue weighted by Gasteiger charge is -2.34. The van der Waals surface area contributed by atoms with Crippen LogP contribution in [0.4, 0.5) is 4.39 Å². The van der Waals surface area contributed by atoms with E-state index in [4.69, 9.17) is 5.41 Å². The summed E-state index contributed by atoms with van der Waals surface area (Å²) in [5.74, 6) is -0.560. The van der Waals surface area contributed by atoms with E-state index in [-0.39, 0.29) is 24.1 Å². The second-order valence-electron chi connectivity index (χ2n) is 7.39. The van der Waals surface area contributed by atoms with Gasteiger partial charge in [-0.25, -0.2) is 4.39 Å². The van der Waals surface area contributed by atoms with Crippen LogP contribution in [-0.2, 0) is 7.05 Å². The smallest absolute Gasteiger partial charge is 0.275 e. The zero-order valence-electron chi connectivity index (χ0n) is 16.6. The van der Waals surface area contributed by atoms with Crippen LogP contribution in [-0.4, -0.2) is 70.2 Å². The summed E-state index contributed by atoms with van der Waals surface area (Å²) in [4.78, 5) is 29.2. The highest BCUT2D eigenvalue weighted by atomic mass is 19.1. The molecule has 0 spiro atoms. The van der Waals surface area contributed by atoms with Gasteiger partial charge in [-0.3, -0.25) is 19.2 Å². The van der Waals surface area contributed by atoms with Crippen molar-refractivity contribution in [3.05, 3.63) is 65.1 Å².